The number of carbonyl (C=O) groups excluding carboxylic acids is 1. The summed E-state index contributed by atoms with van der Waals surface area (Å²) in [6.07, 6.45) is 16.3. The number of para-hydroxylation sites is 1. The van der Waals surface area contributed by atoms with E-state index in [0.717, 1.165) is 42.1 Å². The van der Waals surface area contributed by atoms with Gasteiger partial charge in [-0.25, -0.2) is 0 Å². The van der Waals surface area contributed by atoms with E-state index in [1.807, 2.05) is 18.2 Å². The number of amides is 1. The fraction of sp³-hybridized carbons (Fsp3) is 0.568. The molecule has 1 heterocycles. The Bertz CT molecular complexity index is 1210. The number of thiazole rings is 1. The van der Waals surface area contributed by atoms with Crippen molar-refractivity contribution in [1.29, 1.82) is 0 Å². The summed E-state index contributed by atoms with van der Waals surface area (Å²) in [7, 11) is 0. The van der Waals surface area contributed by atoms with Crippen LogP contribution in [-0.2, 0) is 23.2 Å². The molecule has 0 atom stereocenters. The molecule has 0 unspecified atom stereocenters. The monoisotopic (exact) mass is 591 g/mol. The molecule has 0 radical (unpaired) electrons. The van der Waals surface area contributed by atoms with Crippen molar-refractivity contribution >= 4 is 22.9 Å². The first-order valence-electron chi connectivity index (χ1n) is 16.3. The summed E-state index contributed by atoms with van der Waals surface area (Å²) in [5.74, 6) is 0.908. The average molecular weight is 592 g/mol. The van der Waals surface area contributed by atoms with E-state index >= 15 is 0 Å². The molecule has 0 aliphatic rings. The fourth-order valence-electron chi connectivity index (χ4n) is 5.40. The van der Waals surface area contributed by atoms with Crippen LogP contribution in [0.25, 0.3) is 0 Å². The number of aryl methyl sites for hydroxylation is 1. The molecule has 0 spiro atoms. The highest BCUT2D eigenvalue weighted by molar-refractivity contribution is 7.07. The smallest absolute Gasteiger partial charge is 0.228 e. The Morgan fingerprint density at radius 1 is 0.881 bits per heavy atom. The van der Waals surface area contributed by atoms with Gasteiger partial charge in [-0.3, -0.25) is 4.79 Å². The molecule has 1 N–H and O–H groups in total. The molecular weight excluding hydrogens is 536 g/mol. The lowest BCUT2D eigenvalue weighted by atomic mass is 9.85. The zero-order valence-electron chi connectivity index (χ0n) is 27.0. The number of aromatic nitrogens is 1. The number of hydrogen-bond acceptors (Lipinski definition) is 3. The highest BCUT2D eigenvalue weighted by Gasteiger charge is 2.20. The van der Waals surface area contributed by atoms with Crippen LogP contribution >= 0.6 is 11.3 Å². The van der Waals surface area contributed by atoms with Crippen LogP contribution in [0.15, 0.2) is 53.4 Å². The van der Waals surface area contributed by atoms with Gasteiger partial charge in [0.05, 0.1) is 24.1 Å². The first-order valence-corrected chi connectivity index (χ1v) is 17.3. The number of benzene rings is 2. The molecule has 0 bridgehead atoms. The van der Waals surface area contributed by atoms with Crippen LogP contribution in [0.5, 0.6) is 5.75 Å². The van der Waals surface area contributed by atoms with E-state index in [1.165, 1.54) is 81.9 Å². The summed E-state index contributed by atoms with van der Waals surface area (Å²) < 4.78 is 8.56. The first-order chi connectivity index (χ1) is 20.3. The quantitative estimate of drug-likeness (QED) is 0.111. The van der Waals surface area contributed by atoms with Gasteiger partial charge in [0.15, 0.2) is 12.2 Å². The number of hydrogen-bond donors (Lipinski definition) is 1. The van der Waals surface area contributed by atoms with Crippen molar-refractivity contribution in [2.24, 2.45) is 0 Å². The van der Waals surface area contributed by atoms with E-state index in [4.69, 9.17) is 4.74 Å². The van der Waals surface area contributed by atoms with Crippen LogP contribution < -0.4 is 14.6 Å². The Kier molecular flexibility index (Phi) is 14.6. The summed E-state index contributed by atoms with van der Waals surface area (Å²) in [4.78, 5) is 13.1. The minimum Gasteiger partial charge on any atom is -0.493 e. The van der Waals surface area contributed by atoms with Gasteiger partial charge in [0.1, 0.15) is 5.75 Å². The average Bonchev–Trinajstić information content (AvgIpc) is 3.35. The maximum atomic E-state index is 13.1. The standard InChI is InChI=1S/C37H54N2O2S/c1-6-7-8-9-10-11-12-13-14-15-16-19-24-41-35-25-31(22-23-33(35)37(3,4)5)26-36(40)38-34-21-18-17-20-32(34)27-39-29-42-28-30(39)2/h17-18,20-23,25,28-29H,6-16,19,24,26-27H2,1-5H3/p+1. The number of nitrogens with one attached hydrogen (secondary N) is 1. The topological polar surface area (TPSA) is 42.2 Å². The Balaban J connectivity index is 1.47. The van der Waals surface area contributed by atoms with Crippen LogP contribution in [0.2, 0.25) is 0 Å². The number of nitrogens with zero attached hydrogens (tertiary/aromatic N) is 1. The third-order valence-electron chi connectivity index (χ3n) is 7.99. The highest BCUT2D eigenvalue weighted by atomic mass is 32.1. The predicted octanol–water partition coefficient (Wildman–Crippen LogP) is 9.95. The third-order valence-corrected chi connectivity index (χ3v) is 8.84. The molecule has 2 aromatic carbocycles. The zero-order valence-corrected chi connectivity index (χ0v) is 27.8. The predicted molar refractivity (Wildman–Crippen MR) is 179 cm³/mol. The molecule has 0 aliphatic carbocycles. The lowest BCUT2D eigenvalue weighted by Gasteiger charge is -2.23. The van der Waals surface area contributed by atoms with E-state index in [0.29, 0.717) is 6.42 Å². The third kappa shape index (κ3) is 11.9. The molecule has 5 heteroatoms. The minimum absolute atomic E-state index is 0.00934. The molecule has 0 fully saturated rings. The maximum absolute atomic E-state index is 13.1. The molecule has 42 heavy (non-hydrogen) atoms. The van der Waals surface area contributed by atoms with Crippen LogP contribution in [0.1, 0.15) is 127 Å². The first kappa shape index (κ1) is 33.8. The molecule has 0 saturated carbocycles. The molecule has 3 rings (SSSR count). The molecule has 0 saturated heterocycles. The highest BCUT2D eigenvalue weighted by Crippen LogP contribution is 2.32. The normalized spacial score (nSPS) is 11.5. The number of ether oxygens (including phenoxy) is 1. The number of unbranched alkanes of at least 4 members (excludes halogenated alkanes) is 11. The Morgan fingerprint density at radius 3 is 2.14 bits per heavy atom. The molecule has 1 amide bonds. The van der Waals surface area contributed by atoms with Crippen molar-refractivity contribution in [3.05, 3.63) is 75.7 Å². The van der Waals surface area contributed by atoms with Crippen LogP contribution in [0, 0.1) is 6.92 Å². The van der Waals surface area contributed by atoms with Crippen molar-refractivity contribution in [2.45, 2.75) is 130 Å². The lowest BCUT2D eigenvalue weighted by molar-refractivity contribution is -0.689. The SMILES string of the molecule is CCCCCCCCCCCCCCOc1cc(CC(=O)Nc2ccccc2C[n+]2cscc2C)ccc1C(C)(C)C. The van der Waals surface area contributed by atoms with Crippen molar-refractivity contribution in [3.63, 3.8) is 0 Å². The Labute approximate surface area is 259 Å². The lowest BCUT2D eigenvalue weighted by Crippen LogP contribution is -2.34. The van der Waals surface area contributed by atoms with Gasteiger partial charge in [-0.15, -0.1) is 0 Å². The van der Waals surface area contributed by atoms with Crippen molar-refractivity contribution in [3.8, 4) is 5.75 Å². The van der Waals surface area contributed by atoms with Gasteiger partial charge >= 0.3 is 0 Å². The van der Waals surface area contributed by atoms with Crippen molar-refractivity contribution in [1.82, 2.24) is 0 Å². The van der Waals surface area contributed by atoms with Crippen molar-refractivity contribution < 1.29 is 14.1 Å². The molecule has 1 aromatic heterocycles. The zero-order chi connectivity index (χ0) is 30.2. The number of carbonyl (C=O) groups is 1. The molecule has 4 nitrogen and oxygen atoms in total. The summed E-state index contributed by atoms with van der Waals surface area (Å²) in [5, 5.41) is 5.30. The van der Waals surface area contributed by atoms with Crippen molar-refractivity contribution in [2.75, 3.05) is 11.9 Å². The Hall–Kier alpha value is -2.66. The minimum atomic E-state index is -0.0247. The Morgan fingerprint density at radius 2 is 1.52 bits per heavy atom. The fourth-order valence-corrected chi connectivity index (χ4v) is 6.18. The molecule has 230 valence electrons. The van der Waals surface area contributed by atoms with Gasteiger partial charge < -0.3 is 10.1 Å². The van der Waals surface area contributed by atoms with E-state index < -0.39 is 0 Å². The van der Waals surface area contributed by atoms with Crippen LogP contribution in [0.3, 0.4) is 0 Å². The largest absolute Gasteiger partial charge is 0.493 e. The second-order valence-electron chi connectivity index (χ2n) is 12.8. The van der Waals surface area contributed by atoms with E-state index in [-0.39, 0.29) is 11.3 Å². The van der Waals surface area contributed by atoms with Gasteiger partial charge in [0.25, 0.3) is 0 Å². The molecular formula is C37H55N2O2S+. The second-order valence-corrected chi connectivity index (χ2v) is 13.5. The summed E-state index contributed by atoms with van der Waals surface area (Å²) >= 11 is 1.69. The molecule has 0 aliphatic heterocycles. The van der Waals surface area contributed by atoms with Gasteiger partial charge in [-0.1, -0.05) is 140 Å². The van der Waals surface area contributed by atoms with Gasteiger partial charge in [0, 0.05) is 12.5 Å². The van der Waals surface area contributed by atoms with E-state index in [2.05, 4.69) is 79.7 Å². The van der Waals surface area contributed by atoms with Crippen LogP contribution in [-0.4, -0.2) is 12.5 Å². The number of anilines is 1. The van der Waals surface area contributed by atoms with Gasteiger partial charge in [-0.2, -0.15) is 4.57 Å². The summed E-state index contributed by atoms with van der Waals surface area (Å²) in [5.41, 5.74) is 7.45. The van der Waals surface area contributed by atoms with E-state index in [9.17, 15) is 4.79 Å². The second kappa shape index (κ2) is 18.1. The van der Waals surface area contributed by atoms with Gasteiger partial charge in [0.2, 0.25) is 11.4 Å². The van der Waals surface area contributed by atoms with Crippen LogP contribution in [0.4, 0.5) is 5.69 Å². The van der Waals surface area contributed by atoms with Gasteiger partial charge in [-0.05, 0) is 35.1 Å². The maximum Gasteiger partial charge on any atom is 0.228 e. The summed E-state index contributed by atoms with van der Waals surface area (Å²) in [6, 6.07) is 14.4. The van der Waals surface area contributed by atoms with E-state index in [1.54, 1.807) is 11.3 Å². The molecule has 3 aromatic rings. The number of rotatable bonds is 19. The summed E-state index contributed by atoms with van der Waals surface area (Å²) in [6.45, 7) is 12.5.